The Morgan fingerprint density at radius 3 is 2.46 bits per heavy atom. The second kappa shape index (κ2) is 7.67. The van der Waals surface area contributed by atoms with Crippen LogP contribution in [0.2, 0.25) is 5.02 Å². The van der Waals surface area contributed by atoms with Crippen LogP contribution in [0.15, 0.2) is 36.5 Å². The van der Waals surface area contributed by atoms with Crippen molar-refractivity contribution in [1.29, 1.82) is 0 Å². The first-order valence-corrected chi connectivity index (χ1v) is 9.00. The van der Waals surface area contributed by atoms with E-state index < -0.39 is 45.8 Å². The van der Waals surface area contributed by atoms with E-state index in [0.29, 0.717) is 31.7 Å². The molecule has 9 heteroatoms. The molecule has 1 aliphatic rings. The molecule has 1 aliphatic carbocycles. The summed E-state index contributed by atoms with van der Waals surface area (Å²) < 4.78 is 53.5. The molecule has 1 saturated carbocycles. The zero-order valence-corrected chi connectivity index (χ0v) is 15.3. The maximum atomic E-state index is 14.4. The van der Waals surface area contributed by atoms with Crippen molar-refractivity contribution in [3.8, 4) is 0 Å². The van der Waals surface area contributed by atoms with Crippen LogP contribution in [-0.4, -0.2) is 21.6 Å². The van der Waals surface area contributed by atoms with E-state index >= 15 is 0 Å². The minimum Gasteiger partial charge on any atom is -0.387 e. The van der Waals surface area contributed by atoms with Gasteiger partial charge in [-0.3, -0.25) is 4.79 Å². The third-order valence-corrected chi connectivity index (χ3v) is 5.29. The van der Waals surface area contributed by atoms with Crippen LogP contribution in [-0.2, 0) is 6.18 Å². The number of carbonyl (C=O) groups is 1. The number of nitrogens with zero attached hydrogens (tertiary/aromatic N) is 1. The van der Waals surface area contributed by atoms with Gasteiger partial charge in [0.1, 0.15) is 11.5 Å². The minimum atomic E-state index is -4.76. The third kappa shape index (κ3) is 3.98. The van der Waals surface area contributed by atoms with Crippen LogP contribution in [0.4, 0.5) is 17.6 Å². The van der Waals surface area contributed by atoms with E-state index in [-0.39, 0.29) is 5.56 Å². The van der Waals surface area contributed by atoms with Gasteiger partial charge in [-0.1, -0.05) is 42.6 Å². The molecule has 1 amide bonds. The largest absolute Gasteiger partial charge is 0.417 e. The lowest BCUT2D eigenvalue weighted by atomic mass is 9.86. The van der Waals surface area contributed by atoms with E-state index in [9.17, 15) is 27.5 Å². The van der Waals surface area contributed by atoms with Crippen LogP contribution in [0.3, 0.4) is 0 Å². The van der Waals surface area contributed by atoms with Crippen molar-refractivity contribution in [1.82, 2.24) is 10.3 Å². The van der Waals surface area contributed by atoms with Crippen LogP contribution in [0, 0.1) is 5.82 Å². The standard InChI is InChI=1S/C19H17ClF4N2O2/c20-14-12(19(22,23)24)7-10-25-15(14)17(27)26-16(18(28)8-3-4-9-18)11-5-1-2-6-13(11)21/h1-2,5-7,10,16,28H,3-4,8-9H2,(H,26,27). The summed E-state index contributed by atoms with van der Waals surface area (Å²) in [6.45, 7) is 0. The quantitative estimate of drug-likeness (QED) is 0.712. The number of amides is 1. The number of nitrogens with one attached hydrogen (secondary N) is 1. The molecule has 1 aromatic carbocycles. The normalized spacial score (nSPS) is 17.4. The second-order valence-electron chi connectivity index (χ2n) is 6.76. The monoisotopic (exact) mass is 416 g/mol. The minimum absolute atomic E-state index is 0.0448. The predicted molar refractivity (Wildman–Crippen MR) is 94.3 cm³/mol. The SMILES string of the molecule is O=C(NC(c1ccccc1F)C1(O)CCCC1)c1nccc(C(F)(F)F)c1Cl. The van der Waals surface area contributed by atoms with Gasteiger partial charge < -0.3 is 10.4 Å². The average molecular weight is 417 g/mol. The van der Waals surface area contributed by atoms with Gasteiger partial charge in [-0.05, 0) is 25.0 Å². The first-order valence-electron chi connectivity index (χ1n) is 8.63. The first-order chi connectivity index (χ1) is 13.1. The van der Waals surface area contributed by atoms with Crippen LogP contribution in [0.1, 0.15) is 53.3 Å². The molecule has 0 bridgehead atoms. The summed E-state index contributed by atoms with van der Waals surface area (Å²) in [5, 5.41) is 12.6. The highest BCUT2D eigenvalue weighted by Gasteiger charge is 2.43. The molecule has 0 aliphatic heterocycles. The number of benzene rings is 1. The van der Waals surface area contributed by atoms with Crippen molar-refractivity contribution in [2.24, 2.45) is 0 Å². The van der Waals surface area contributed by atoms with Gasteiger partial charge >= 0.3 is 6.18 Å². The van der Waals surface area contributed by atoms with Gasteiger partial charge in [-0.2, -0.15) is 13.2 Å². The van der Waals surface area contributed by atoms with Gasteiger partial charge in [0.25, 0.3) is 5.91 Å². The van der Waals surface area contributed by atoms with Gasteiger partial charge in [-0.25, -0.2) is 9.37 Å². The van der Waals surface area contributed by atoms with Crippen molar-refractivity contribution >= 4 is 17.5 Å². The van der Waals surface area contributed by atoms with Gasteiger partial charge in [0.05, 0.1) is 22.2 Å². The number of aliphatic hydroxyl groups is 1. The van der Waals surface area contributed by atoms with E-state index in [0.717, 1.165) is 6.20 Å². The van der Waals surface area contributed by atoms with Crippen LogP contribution < -0.4 is 5.32 Å². The number of pyridine rings is 1. The Labute approximate surface area is 163 Å². The molecule has 0 saturated heterocycles. The number of halogens is 5. The fraction of sp³-hybridized carbons (Fsp3) is 0.368. The highest BCUT2D eigenvalue weighted by atomic mass is 35.5. The Kier molecular flexibility index (Phi) is 5.63. The Balaban J connectivity index is 1.98. The van der Waals surface area contributed by atoms with Crippen molar-refractivity contribution in [3.05, 3.63) is 64.2 Å². The highest BCUT2D eigenvalue weighted by Crippen LogP contribution is 2.41. The van der Waals surface area contributed by atoms with E-state index in [4.69, 9.17) is 11.6 Å². The van der Waals surface area contributed by atoms with Crippen molar-refractivity contribution in [2.45, 2.75) is 43.5 Å². The lowest BCUT2D eigenvalue weighted by Crippen LogP contribution is -2.45. The molecular formula is C19H17ClF4N2O2. The zero-order chi connectivity index (χ0) is 20.5. The summed E-state index contributed by atoms with van der Waals surface area (Å²) in [6.07, 6.45) is -1.94. The highest BCUT2D eigenvalue weighted by molar-refractivity contribution is 6.34. The molecule has 1 heterocycles. The predicted octanol–water partition coefficient (Wildman–Crippen LogP) is 4.67. The smallest absolute Gasteiger partial charge is 0.387 e. The first kappa shape index (κ1) is 20.5. The van der Waals surface area contributed by atoms with E-state index in [2.05, 4.69) is 10.3 Å². The maximum Gasteiger partial charge on any atom is 0.417 e. The molecule has 0 spiro atoms. The molecule has 4 nitrogen and oxygen atoms in total. The maximum absolute atomic E-state index is 14.4. The Bertz CT molecular complexity index is 882. The second-order valence-corrected chi connectivity index (χ2v) is 7.14. The van der Waals surface area contributed by atoms with Crippen molar-refractivity contribution in [3.63, 3.8) is 0 Å². The molecule has 1 unspecified atom stereocenters. The molecule has 28 heavy (non-hydrogen) atoms. The number of rotatable bonds is 4. The third-order valence-electron chi connectivity index (χ3n) is 4.91. The number of aromatic nitrogens is 1. The van der Waals surface area contributed by atoms with E-state index in [1.165, 1.54) is 18.2 Å². The summed E-state index contributed by atoms with van der Waals surface area (Å²) in [6, 6.07) is 5.11. The van der Waals surface area contributed by atoms with Gasteiger partial charge in [0.2, 0.25) is 0 Å². The Morgan fingerprint density at radius 2 is 1.86 bits per heavy atom. The van der Waals surface area contributed by atoms with Crippen molar-refractivity contribution in [2.75, 3.05) is 0 Å². The molecule has 3 rings (SSSR count). The summed E-state index contributed by atoms with van der Waals surface area (Å²) >= 11 is 5.76. The summed E-state index contributed by atoms with van der Waals surface area (Å²) in [7, 11) is 0. The fourth-order valence-electron chi connectivity index (χ4n) is 3.51. The van der Waals surface area contributed by atoms with Gasteiger partial charge in [-0.15, -0.1) is 0 Å². The molecule has 1 aromatic heterocycles. The van der Waals surface area contributed by atoms with Crippen LogP contribution in [0.25, 0.3) is 0 Å². The molecule has 0 radical (unpaired) electrons. The molecule has 1 fully saturated rings. The van der Waals surface area contributed by atoms with Gasteiger partial charge in [0.15, 0.2) is 0 Å². The molecule has 2 N–H and O–H groups in total. The fourth-order valence-corrected chi connectivity index (χ4v) is 3.81. The topological polar surface area (TPSA) is 62.2 Å². The lowest BCUT2D eigenvalue weighted by molar-refractivity contribution is -0.137. The van der Waals surface area contributed by atoms with E-state index in [1.54, 1.807) is 6.07 Å². The average Bonchev–Trinajstić information content (AvgIpc) is 3.07. The summed E-state index contributed by atoms with van der Waals surface area (Å²) in [5.74, 6) is -1.67. The van der Waals surface area contributed by atoms with Crippen molar-refractivity contribution < 1.29 is 27.5 Å². The lowest BCUT2D eigenvalue weighted by Gasteiger charge is -2.34. The molecule has 1 atom stereocenters. The molecule has 150 valence electrons. The Morgan fingerprint density at radius 1 is 1.21 bits per heavy atom. The zero-order valence-electron chi connectivity index (χ0n) is 14.6. The number of hydrogen-bond donors (Lipinski definition) is 2. The Hall–Kier alpha value is -2.19. The molecular weight excluding hydrogens is 400 g/mol. The summed E-state index contributed by atoms with van der Waals surface area (Å²) in [4.78, 5) is 16.3. The van der Waals surface area contributed by atoms with Crippen LogP contribution in [0.5, 0.6) is 0 Å². The summed E-state index contributed by atoms with van der Waals surface area (Å²) in [5.41, 5.74) is -3.22. The van der Waals surface area contributed by atoms with Gasteiger partial charge in [0, 0.05) is 11.8 Å². The van der Waals surface area contributed by atoms with Crippen LogP contribution >= 0.6 is 11.6 Å². The van der Waals surface area contributed by atoms with E-state index in [1.807, 2.05) is 0 Å². The number of hydrogen-bond acceptors (Lipinski definition) is 3. The molecule has 2 aromatic rings. The number of alkyl halides is 3. The number of carbonyl (C=O) groups excluding carboxylic acids is 1.